The second-order valence-electron chi connectivity index (χ2n) is 5.76. The van der Waals surface area contributed by atoms with Crippen LogP contribution in [0.15, 0.2) is 16.7 Å². The highest BCUT2D eigenvalue weighted by Gasteiger charge is 2.33. The normalized spacial score (nSPS) is 19.5. The molecule has 0 aromatic carbocycles. The zero-order chi connectivity index (χ0) is 15.0. The van der Waals surface area contributed by atoms with E-state index >= 15 is 0 Å². The maximum atomic E-state index is 9.28. The molecule has 1 atom stereocenters. The number of fused-ring (bicyclic) bond motifs is 1. The van der Waals surface area contributed by atoms with Crippen molar-refractivity contribution in [3.8, 4) is 0 Å². The summed E-state index contributed by atoms with van der Waals surface area (Å²) in [7, 11) is 2.02. The monoisotopic (exact) mass is 371 g/mol. The topological polar surface area (TPSA) is 48.4 Å². The first-order chi connectivity index (χ1) is 10.1. The molecule has 0 radical (unpaired) electrons. The summed E-state index contributed by atoms with van der Waals surface area (Å²) in [6.07, 6.45) is 4.93. The second kappa shape index (κ2) is 6.15. The van der Waals surface area contributed by atoms with Crippen LogP contribution in [-0.2, 0) is 0 Å². The summed E-state index contributed by atoms with van der Waals surface area (Å²) in [6, 6.07) is 2.26. The Labute approximate surface area is 138 Å². The molecule has 1 fully saturated rings. The first kappa shape index (κ1) is 15.1. The molecule has 114 valence electrons. The minimum Gasteiger partial charge on any atom is -0.396 e. The van der Waals surface area contributed by atoms with E-state index in [1.807, 2.05) is 13.1 Å². The number of nitrogens with zero attached hydrogens (tertiary/aromatic N) is 2. The number of rotatable bonds is 5. The fourth-order valence-electron chi connectivity index (χ4n) is 2.83. The number of hydrogen-bond donors (Lipinski definition) is 2. The SMILES string of the molecule is CN1CC(Br)=C(N[C@H](CCO)C2CC2)c2cc(Cl)cnc21. The van der Waals surface area contributed by atoms with Gasteiger partial charge in [0.2, 0.25) is 0 Å². The third-order valence-corrected chi connectivity index (χ3v) is 4.93. The predicted molar refractivity (Wildman–Crippen MR) is 89.7 cm³/mol. The standard InChI is InChI=1S/C15H19BrClN3O/c1-20-8-12(16)14(11-6-10(17)7-18-15(11)20)19-13(4-5-21)9-2-3-9/h6-7,9,13,19,21H,2-5,8H2,1H3/t13-/m1/s1. The van der Waals surface area contributed by atoms with Gasteiger partial charge in [-0.1, -0.05) is 27.5 Å². The molecule has 0 amide bonds. The summed E-state index contributed by atoms with van der Waals surface area (Å²) in [4.78, 5) is 6.54. The zero-order valence-electron chi connectivity index (χ0n) is 11.9. The van der Waals surface area contributed by atoms with Gasteiger partial charge in [-0.2, -0.15) is 0 Å². The van der Waals surface area contributed by atoms with E-state index in [0.717, 1.165) is 34.5 Å². The van der Waals surface area contributed by atoms with Crippen molar-refractivity contribution >= 4 is 39.0 Å². The quantitative estimate of drug-likeness (QED) is 0.834. The Morgan fingerprint density at radius 3 is 3.00 bits per heavy atom. The van der Waals surface area contributed by atoms with Crippen LogP contribution in [0.4, 0.5) is 5.82 Å². The molecular formula is C15H19BrClN3O. The minimum absolute atomic E-state index is 0.208. The Balaban J connectivity index is 1.93. The lowest BCUT2D eigenvalue weighted by atomic mass is 10.0. The van der Waals surface area contributed by atoms with Gasteiger partial charge in [-0.05, 0) is 31.2 Å². The summed E-state index contributed by atoms with van der Waals surface area (Å²) in [6.45, 7) is 0.986. The number of halogens is 2. The molecule has 1 aliphatic heterocycles. The van der Waals surface area contributed by atoms with Gasteiger partial charge >= 0.3 is 0 Å². The van der Waals surface area contributed by atoms with Gasteiger partial charge in [0.05, 0.1) is 17.3 Å². The third kappa shape index (κ3) is 3.20. The lowest BCUT2D eigenvalue weighted by Crippen LogP contribution is -2.35. The van der Waals surface area contributed by atoms with Crippen LogP contribution in [0.3, 0.4) is 0 Å². The van der Waals surface area contributed by atoms with Gasteiger partial charge < -0.3 is 15.3 Å². The van der Waals surface area contributed by atoms with Crippen molar-refractivity contribution in [1.82, 2.24) is 10.3 Å². The number of aliphatic hydroxyl groups excluding tert-OH is 1. The predicted octanol–water partition coefficient (Wildman–Crippen LogP) is 3.00. The highest BCUT2D eigenvalue weighted by atomic mass is 79.9. The van der Waals surface area contributed by atoms with Crippen molar-refractivity contribution in [2.45, 2.75) is 25.3 Å². The number of nitrogens with one attached hydrogen (secondary N) is 1. The van der Waals surface area contributed by atoms with E-state index in [9.17, 15) is 5.11 Å². The van der Waals surface area contributed by atoms with E-state index in [0.29, 0.717) is 17.0 Å². The highest BCUT2D eigenvalue weighted by Crippen LogP contribution is 2.39. The molecule has 0 saturated heterocycles. The molecule has 3 rings (SSSR count). The van der Waals surface area contributed by atoms with Gasteiger partial charge in [0.25, 0.3) is 0 Å². The summed E-state index contributed by atoms with van der Waals surface area (Å²) in [5.41, 5.74) is 2.08. The maximum absolute atomic E-state index is 9.28. The van der Waals surface area contributed by atoms with E-state index in [-0.39, 0.29) is 6.61 Å². The number of anilines is 1. The lowest BCUT2D eigenvalue weighted by Gasteiger charge is -2.31. The maximum Gasteiger partial charge on any atom is 0.138 e. The summed E-state index contributed by atoms with van der Waals surface area (Å²) in [5.74, 6) is 1.60. The van der Waals surface area contributed by atoms with Crippen molar-refractivity contribution < 1.29 is 5.11 Å². The Morgan fingerprint density at radius 1 is 1.57 bits per heavy atom. The molecular weight excluding hydrogens is 354 g/mol. The number of pyridine rings is 1. The van der Waals surface area contributed by atoms with Crippen LogP contribution < -0.4 is 10.2 Å². The molecule has 1 aromatic rings. The molecule has 0 spiro atoms. The van der Waals surface area contributed by atoms with Gasteiger partial charge in [-0.15, -0.1) is 0 Å². The van der Waals surface area contributed by atoms with Crippen LogP contribution in [0.1, 0.15) is 24.8 Å². The van der Waals surface area contributed by atoms with Crippen LogP contribution in [0, 0.1) is 5.92 Å². The van der Waals surface area contributed by atoms with Crippen molar-refractivity contribution in [3.63, 3.8) is 0 Å². The van der Waals surface area contributed by atoms with Crippen LogP contribution in [-0.4, -0.2) is 36.3 Å². The van der Waals surface area contributed by atoms with E-state index in [2.05, 4.69) is 31.1 Å². The fourth-order valence-corrected chi connectivity index (χ4v) is 3.70. The number of hydrogen-bond acceptors (Lipinski definition) is 4. The number of likely N-dealkylation sites (N-methyl/N-ethyl adjacent to an activating group) is 1. The summed E-state index contributed by atoms with van der Waals surface area (Å²) >= 11 is 9.80. The first-order valence-corrected chi connectivity index (χ1v) is 8.40. The molecule has 21 heavy (non-hydrogen) atoms. The van der Waals surface area contributed by atoms with Crippen molar-refractivity contribution in [2.75, 3.05) is 25.1 Å². The Bertz CT molecular complexity index is 574. The van der Waals surface area contributed by atoms with Gasteiger partial charge in [0, 0.05) is 35.9 Å². The summed E-state index contributed by atoms with van der Waals surface area (Å²) < 4.78 is 1.10. The average molecular weight is 373 g/mol. The Kier molecular flexibility index (Phi) is 4.43. The van der Waals surface area contributed by atoms with Crippen molar-refractivity contribution in [3.05, 3.63) is 27.3 Å². The van der Waals surface area contributed by atoms with E-state index in [1.54, 1.807) is 6.20 Å². The number of aromatic nitrogens is 1. The van der Waals surface area contributed by atoms with Crippen LogP contribution in [0.2, 0.25) is 5.02 Å². The molecule has 0 unspecified atom stereocenters. The van der Waals surface area contributed by atoms with E-state index < -0.39 is 0 Å². The number of aliphatic hydroxyl groups is 1. The summed E-state index contributed by atoms with van der Waals surface area (Å²) in [5, 5.41) is 13.5. The van der Waals surface area contributed by atoms with Gasteiger partial charge in [0.1, 0.15) is 5.82 Å². The minimum atomic E-state index is 0.208. The van der Waals surface area contributed by atoms with Crippen molar-refractivity contribution in [1.29, 1.82) is 0 Å². The van der Waals surface area contributed by atoms with Gasteiger partial charge in [-0.3, -0.25) is 0 Å². The Hall–Kier alpha value is -0.780. The third-order valence-electron chi connectivity index (χ3n) is 4.07. The molecule has 1 aromatic heterocycles. The highest BCUT2D eigenvalue weighted by molar-refractivity contribution is 9.11. The zero-order valence-corrected chi connectivity index (χ0v) is 14.3. The smallest absolute Gasteiger partial charge is 0.138 e. The van der Waals surface area contributed by atoms with E-state index in [4.69, 9.17) is 11.6 Å². The van der Waals surface area contributed by atoms with Crippen LogP contribution in [0.5, 0.6) is 0 Å². The van der Waals surface area contributed by atoms with E-state index in [1.165, 1.54) is 12.8 Å². The molecule has 4 nitrogen and oxygen atoms in total. The first-order valence-electron chi connectivity index (χ1n) is 7.23. The molecule has 6 heteroatoms. The second-order valence-corrected chi connectivity index (χ2v) is 7.15. The fraction of sp³-hybridized carbons (Fsp3) is 0.533. The van der Waals surface area contributed by atoms with Crippen LogP contribution in [0.25, 0.3) is 5.70 Å². The molecule has 1 saturated carbocycles. The van der Waals surface area contributed by atoms with Gasteiger partial charge in [-0.25, -0.2) is 4.98 Å². The Morgan fingerprint density at radius 2 is 2.33 bits per heavy atom. The van der Waals surface area contributed by atoms with Crippen LogP contribution >= 0.6 is 27.5 Å². The largest absolute Gasteiger partial charge is 0.396 e. The molecule has 0 bridgehead atoms. The lowest BCUT2D eigenvalue weighted by molar-refractivity contribution is 0.263. The molecule has 2 heterocycles. The average Bonchev–Trinajstić information content (AvgIpc) is 3.26. The molecule has 2 aliphatic rings. The molecule has 2 N–H and O–H groups in total. The molecule has 1 aliphatic carbocycles. The van der Waals surface area contributed by atoms with Crippen molar-refractivity contribution in [2.24, 2.45) is 5.92 Å². The van der Waals surface area contributed by atoms with Gasteiger partial charge in [0.15, 0.2) is 0 Å².